The number of nitrogens with zero attached hydrogens (tertiary/aromatic N) is 4. The normalized spacial score (nSPS) is 12.2. The van der Waals surface area contributed by atoms with Gasteiger partial charge < -0.3 is 0 Å². The number of pyridine rings is 1. The van der Waals surface area contributed by atoms with Crippen LogP contribution in [0.5, 0.6) is 0 Å². The lowest BCUT2D eigenvalue weighted by Crippen LogP contribution is -2.22. The molecule has 0 fully saturated rings. The lowest BCUT2D eigenvalue weighted by molar-refractivity contribution is 0.358. The first-order chi connectivity index (χ1) is 6.09. The highest BCUT2D eigenvalue weighted by Gasteiger charge is 2.17. The van der Waals surface area contributed by atoms with Gasteiger partial charge in [-0.2, -0.15) is 0 Å². The largest absolute Gasteiger partial charge is 0.262 e. The second-order valence-electron chi connectivity index (χ2n) is 4.04. The van der Waals surface area contributed by atoms with E-state index >= 15 is 0 Å². The van der Waals surface area contributed by atoms with Gasteiger partial charge in [0, 0.05) is 6.20 Å². The second kappa shape index (κ2) is 2.52. The van der Waals surface area contributed by atoms with Gasteiger partial charge in [-0.1, -0.05) is 5.21 Å². The Morgan fingerprint density at radius 3 is 2.77 bits per heavy atom. The van der Waals surface area contributed by atoms with Crippen molar-refractivity contribution in [2.24, 2.45) is 0 Å². The molecule has 0 saturated heterocycles. The van der Waals surface area contributed by atoms with E-state index in [0.717, 1.165) is 11.0 Å². The Balaban J connectivity index is 2.72. The molecule has 68 valence electrons. The molecule has 0 aliphatic heterocycles. The summed E-state index contributed by atoms with van der Waals surface area (Å²) in [6.07, 6.45) is 3.48. The summed E-state index contributed by atoms with van der Waals surface area (Å²) in [7, 11) is 0. The van der Waals surface area contributed by atoms with E-state index in [9.17, 15) is 0 Å². The van der Waals surface area contributed by atoms with Gasteiger partial charge in [-0.05, 0) is 26.8 Å². The smallest absolute Gasteiger partial charge is 0.131 e. The Hall–Kier alpha value is -1.45. The van der Waals surface area contributed by atoms with Crippen LogP contribution < -0.4 is 0 Å². The van der Waals surface area contributed by atoms with Gasteiger partial charge in [-0.25, -0.2) is 4.68 Å². The van der Waals surface area contributed by atoms with E-state index in [4.69, 9.17) is 0 Å². The molecular weight excluding hydrogens is 164 g/mol. The van der Waals surface area contributed by atoms with Crippen LogP contribution in [-0.2, 0) is 5.54 Å². The number of hydrogen-bond donors (Lipinski definition) is 0. The molecule has 0 spiro atoms. The van der Waals surface area contributed by atoms with Crippen molar-refractivity contribution in [3.63, 3.8) is 0 Å². The van der Waals surface area contributed by atoms with Crippen molar-refractivity contribution >= 4 is 11.0 Å². The predicted molar refractivity (Wildman–Crippen MR) is 50.3 cm³/mol. The zero-order valence-electron chi connectivity index (χ0n) is 8.02. The van der Waals surface area contributed by atoms with Crippen LogP contribution in [-0.4, -0.2) is 20.0 Å². The fraction of sp³-hybridized carbons (Fsp3) is 0.444. The molecule has 2 aromatic rings. The maximum absolute atomic E-state index is 4.09. The molecule has 0 aliphatic rings. The highest BCUT2D eigenvalue weighted by Crippen LogP contribution is 2.18. The molecule has 0 bridgehead atoms. The van der Waals surface area contributed by atoms with Gasteiger partial charge in [0.1, 0.15) is 5.52 Å². The molecule has 4 nitrogen and oxygen atoms in total. The van der Waals surface area contributed by atoms with Gasteiger partial charge in [0.15, 0.2) is 0 Å². The molecular formula is C9H12N4. The van der Waals surface area contributed by atoms with E-state index in [2.05, 4.69) is 36.1 Å². The fourth-order valence-corrected chi connectivity index (χ4v) is 1.27. The molecule has 0 radical (unpaired) electrons. The van der Waals surface area contributed by atoms with Gasteiger partial charge >= 0.3 is 0 Å². The second-order valence-corrected chi connectivity index (χ2v) is 4.04. The van der Waals surface area contributed by atoms with E-state index < -0.39 is 0 Å². The van der Waals surface area contributed by atoms with Crippen LogP contribution in [0.3, 0.4) is 0 Å². The lowest BCUT2D eigenvalue weighted by Gasteiger charge is -2.18. The van der Waals surface area contributed by atoms with Crippen molar-refractivity contribution in [1.82, 2.24) is 20.0 Å². The molecule has 0 unspecified atom stereocenters. The fourth-order valence-electron chi connectivity index (χ4n) is 1.27. The average Bonchev–Trinajstić information content (AvgIpc) is 2.45. The van der Waals surface area contributed by atoms with Gasteiger partial charge in [0.25, 0.3) is 0 Å². The molecule has 0 aromatic carbocycles. The number of hydrogen-bond acceptors (Lipinski definition) is 3. The molecule has 0 N–H and O–H groups in total. The van der Waals surface area contributed by atoms with Crippen LogP contribution >= 0.6 is 0 Å². The Morgan fingerprint density at radius 1 is 1.31 bits per heavy atom. The molecule has 2 heterocycles. The highest BCUT2D eigenvalue weighted by molar-refractivity contribution is 5.72. The summed E-state index contributed by atoms with van der Waals surface area (Å²) in [4.78, 5) is 3.99. The quantitative estimate of drug-likeness (QED) is 0.612. The van der Waals surface area contributed by atoms with Gasteiger partial charge in [-0.15, -0.1) is 5.10 Å². The van der Waals surface area contributed by atoms with E-state index in [1.807, 2.05) is 10.7 Å². The summed E-state index contributed by atoms with van der Waals surface area (Å²) >= 11 is 0. The summed E-state index contributed by atoms with van der Waals surface area (Å²) < 4.78 is 1.91. The Bertz CT molecular complexity index is 424. The van der Waals surface area contributed by atoms with Gasteiger partial charge in [-0.3, -0.25) is 4.98 Å². The zero-order chi connectivity index (χ0) is 9.47. The summed E-state index contributed by atoms with van der Waals surface area (Å²) in [5.74, 6) is 0. The van der Waals surface area contributed by atoms with Crippen molar-refractivity contribution < 1.29 is 0 Å². The van der Waals surface area contributed by atoms with E-state index in [1.54, 1.807) is 12.4 Å². The lowest BCUT2D eigenvalue weighted by atomic mass is 10.1. The Morgan fingerprint density at radius 2 is 2.08 bits per heavy atom. The Labute approximate surface area is 76.6 Å². The molecule has 4 heteroatoms. The summed E-state index contributed by atoms with van der Waals surface area (Å²) in [6, 6.07) is 1.93. The molecule has 2 aromatic heterocycles. The maximum atomic E-state index is 4.09. The summed E-state index contributed by atoms with van der Waals surface area (Å²) in [5, 5.41) is 8.13. The summed E-state index contributed by atoms with van der Waals surface area (Å²) in [6.45, 7) is 6.30. The number of rotatable bonds is 0. The first-order valence-corrected chi connectivity index (χ1v) is 4.25. The molecule has 0 saturated carbocycles. The van der Waals surface area contributed by atoms with Crippen LogP contribution in [0.4, 0.5) is 0 Å². The van der Waals surface area contributed by atoms with Crippen LogP contribution in [0.25, 0.3) is 11.0 Å². The van der Waals surface area contributed by atoms with Crippen molar-refractivity contribution in [3.05, 3.63) is 18.5 Å². The molecule has 2 rings (SSSR count). The van der Waals surface area contributed by atoms with E-state index in [0.29, 0.717) is 0 Å². The van der Waals surface area contributed by atoms with Crippen LogP contribution in [0.15, 0.2) is 18.5 Å². The number of fused-ring (bicyclic) bond motifs is 1. The third kappa shape index (κ3) is 1.28. The predicted octanol–water partition coefficient (Wildman–Crippen LogP) is 1.58. The minimum absolute atomic E-state index is 0.0316. The monoisotopic (exact) mass is 176 g/mol. The van der Waals surface area contributed by atoms with Crippen LogP contribution in [0, 0.1) is 0 Å². The van der Waals surface area contributed by atoms with E-state index in [-0.39, 0.29) is 5.54 Å². The minimum atomic E-state index is -0.0316. The first-order valence-electron chi connectivity index (χ1n) is 4.25. The average molecular weight is 176 g/mol. The number of aromatic nitrogens is 4. The topological polar surface area (TPSA) is 43.6 Å². The zero-order valence-corrected chi connectivity index (χ0v) is 8.02. The van der Waals surface area contributed by atoms with Crippen LogP contribution in [0.1, 0.15) is 20.8 Å². The molecule has 13 heavy (non-hydrogen) atoms. The van der Waals surface area contributed by atoms with Gasteiger partial charge in [0.05, 0.1) is 17.3 Å². The molecule has 0 aliphatic carbocycles. The highest BCUT2D eigenvalue weighted by atomic mass is 15.4. The van der Waals surface area contributed by atoms with Crippen molar-refractivity contribution in [2.75, 3.05) is 0 Å². The summed E-state index contributed by atoms with van der Waals surface area (Å²) in [5.41, 5.74) is 1.84. The molecule has 0 atom stereocenters. The van der Waals surface area contributed by atoms with Crippen LogP contribution in [0.2, 0.25) is 0 Å². The third-order valence-corrected chi connectivity index (χ3v) is 1.88. The first kappa shape index (κ1) is 8.16. The third-order valence-electron chi connectivity index (χ3n) is 1.88. The standard InChI is InChI=1S/C9H12N4/c1-9(2,3)13-8-4-5-10-6-7(8)11-12-13/h4-6H,1-3H3. The van der Waals surface area contributed by atoms with Crippen molar-refractivity contribution in [1.29, 1.82) is 0 Å². The van der Waals surface area contributed by atoms with Crippen molar-refractivity contribution in [2.45, 2.75) is 26.3 Å². The van der Waals surface area contributed by atoms with E-state index in [1.165, 1.54) is 0 Å². The Kier molecular flexibility index (Phi) is 1.58. The van der Waals surface area contributed by atoms with Crippen molar-refractivity contribution in [3.8, 4) is 0 Å². The minimum Gasteiger partial charge on any atom is -0.262 e. The van der Waals surface area contributed by atoms with Gasteiger partial charge in [0.2, 0.25) is 0 Å². The molecule has 0 amide bonds. The SMILES string of the molecule is CC(C)(C)n1nnc2cnccc21. The maximum Gasteiger partial charge on any atom is 0.131 e.